The zero-order chi connectivity index (χ0) is 20.4. The number of aliphatic hydroxyl groups is 1. The summed E-state index contributed by atoms with van der Waals surface area (Å²) in [5, 5.41) is 11.5. The van der Waals surface area contributed by atoms with Gasteiger partial charge in [0.15, 0.2) is 6.10 Å². The highest BCUT2D eigenvalue weighted by Gasteiger charge is 2.32. The Labute approximate surface area is 161 Å². The molecule has 3 aromatic rings. The minimum atomic E-state index is -1.44. The summed E-state index contributed by atoms with van der Waals surface area (Å²) in [5.41, 5.74) is 1.07. The quantitative estimate of drug-likeness (QED) is 0.660. The number of fused-ring (bicyclic) bond motifs is 1. The van der Waals surface area contributed by atoms with E-state index in [4.69, 9.17) is 0 Å². The molecule has 28 heavy (non-hydrogen) atoms. The van der Waals surface area contributed by atoms with Crippen molar-refractivity contribution in [2.75, 3.05) is 7.11 Å². The first-order valence-corrected chi connectivity index (χ1v) is 9.01. The summed E-state index contributed by atoms with van der Waals surface area (Å²) in [6, 6.07) is 13.4. The number of esters is 1. The minimum Gasteiger partial charge on any atom is -0.467 e. The van der Waals surface area contributed by atoms with E-state index < -0.39 is 23.6 Å². The molecule has 2 atom stereocenters. The van der Waals surface area contributed by atoms with Gasteiger partial charge in [0, 0.05) is 22.6 Å². The van der Waals surface area contributed by atoms with Gasteiger partial charge in [-0.25, -0.2) is 9.18 Å². The summed E-state index contributed by atoms with van der Waals surface area (Å²) in [6.07, 6.45) is -1.44. The number of halogens is 1. The van der Waals surface area contributed by atoms with Crippen LogP contribution >= 0.6 is 0 Å². The molecule has 3 rings (SSSR count). The molecule has 2 N–H and O–H groups in total. The van der Waals surface area contributed by atoms with Crippen LogP contribution in [0, 0.1) is 11.7 Å². The van der Waals surface area contributed by atoms with Crippen molar-refractivity contribution in [1.29, 1.82) is 0 Å². The largest absolute Gasteiger partial charge is 0.467 e. The minimum absolute atomic E-state index is 0.171. The average Bonchev–Trinajstić information content (AvgIpc) is 2.68. The monoisotopic (exact) mass is 383 g/mol. The number of rotatable bonds is 5. The molecule has 2 aromatic carbocycles. The second-order valence-corrected chi connectivity index (χ2v) is 7.07. The molecular weight excluding hydrogens is 361 g/mol. The zero-order valence-electron chi connectivity index (χ0n) is 15.9. The molecule has 5 nitrogen and oxygen atoms in total. The first kappa shape index (κ1) is 19.8. The molecule has 2 unspecified atom stereocenters. The predicted molar refractivity (Wildman–Crippen MR) is 106 cm³/mol. The second kappa shape index (κ2) is 7.94. The third kappa shape index (κ3) is 3.68. The van der Waals surface area contributed by atoms with Crippen molar-refractivity contribution in [2.24, 2.45) is 5.92 Å². The Kier molecular flexibility index (Phi) is 5.61. The van der Waals surface area contributed by atoms with E-state index in [1.54, 1.807) is 36.4 Å². The normalized spacial score (nSPS) is 13.5. The van der Waals surface area contributed by atoms with Crippen LogP contribution in [0.15, 0.2) is 53.3 Å². The molecule has 0 aliphatic rings. The summed E-state index contributed by atoms with van der Waals surface area (Å²) in [5.74, 6) is -2.00. The standard InChI is InChI=1S/C22H22FNO4/c1-12(2)19(20(25)22(27)28-3)15-9-10-18(24-21(15)26)14-8-7-13-5-4-6-17(23)16(13)11-14/h4-12,19-20,25H,1-3H3,(H,24,26). The lowest BCUT2D eigenvalue weighted by Crippen LogP contribution is -2.35. The second-order valence-electron chi connectivity index (χ2n) is 7.07. The van der Waals surface area contributed by atoms with E-state index in [2.05, 4.69) is 9.72 Å². The lowest BCUT2D eigenvalue weighted by atomic mass is 9.84. The molecule has 0 saturated heterocycles. The highest BCUT2D eigenvalue weighted by atomic mass is 19.1. The van der Waals surface area contributed by atoms with E-state index in [0.29, 0.717) is 22.2 Å². The summed E-state index contributed by atoms with van der Waals surface area (Å²) in [4.78, 5) is 27.3. The number of H-pyrrole nitrogens is 1. The number of aromatic nitrogens is 1. The Balaban J connectivity index is 2.03. The molecule has 0 spiro atoms. The topological polar surface area (TPSA) is 79.4 Å². The molecule has 0 radical (unpaired) electrons. The summed E-state index contributed by atoms with van der Waals surface area (Å²) in [7, 11) is 1.19. The van der Waals surface area contributed by atoms with Gasteiger partial charge in [-0.2, -0.15) is 0 Å². The summed E-state index contributed by atoms with van der Waals surface area (Å²) >= 11 is 0. The average molecular weight is 383 g/mol. The van der Waals surface area contributed by atoms with Gasteiger partial charge >= 0.3 is 5.97 Å². The first-order chi connectivity index (χ1) is 13.3. The van der Waals surface area contributed by atoms with Crippen LogP contribution in [0.2, 0.25) is 0 Å². The Hall–Kier alpha value is -2.99. The molecule has 6 heteroatoms. The lowest BCUT2D eigenvalue weighted by Gasteiger charge is -2.24. The number of aromatic amines is 1. The van der Waals surface area contributed by atoms with E-state index in [1.807, 2.05) is 19.9 Å². The van der Waals surface area contributed by atoms with Gasteiger partial charge in [-0.05, 0) is 35.1 Å². The van der Waals surface area contributed by atoms with Gasteiger partial charge in [-0.3, -0.25) is 4.79 Å². The number of carbonyl (C=O) groups is 1. The smallest absolute Gasteiger partial charge is 0.335 e. The van der Waals surface area contributed by atoms with Crippen molar-refractivity contribution in [3.05, 3.63) is 70.3 Å². The van der Waals surface area contributed by atoms with Crippen molar-refractivity contribution < 1.29 is 19.0 Å². The van der Waals surface area contributed by atoms with E-state index in [1.165, 1.54) is 13.2 Å². The maximum atomic E-state index is 14.1. The van der Waals surface area contributed by atoms with Crippen LogP contribution in [-0.2, 0) is 9.53 Å². The number of hydrogen-bond acceptors (Lipinski definition) is 4. The van der Waals surface area contributed by atoms with Gasteiger partial charge in [0.05, 0.1) is 7.11 Å². The molecule has 0 aliphatic carbocycles. The molecule has 1 heterocycles. The fourth-order valence-electron chi connectivity index (χ4n) is 3.48. The van der Waals surface area contributed by atoms with Crippen molar-refractivity contribution >= 4 is 16.7 Å². The molecule has 0 bridgehead atoms. The molecule has 1 aromatic heterocycles. The maximum Gasteiger partial charge on any atom is 0.335 e. The lowest BCUT2D eigenvalue weighted by molar-refractivity contribution is -0.152. The number of hydrogen-bond donors (Lipinski definition) is 2. The SMILES string of the molecule is COC(=O)C(O)C(c1ccc(-c2ccc3cccc(F)c3c2)[nH]c1=O)C(C)C. The first-order valence-electron chi connectivity index (χ1n) is 9.01. The Bertz CT molecular complexity index is 1070. The zero-order valence-corrected chi connectivity index (χ0v) is 15.9. The fraction of sp³-hybridized carbons (Fsp3) is 0.273. The van der Waals surface area contributed by atoms with E-state index in [0.717, 1.165) is 5.39 Å². The van der Waals surface area contributed by atoms with E-state index >= 15 is 0 Å². The molecule has 0 saturated carbocycles. The number of benzene rings is 2. The number of carbonyl (C=O) groups excluding carboxylic acids is 1. The van der Waals surface area contributed by atoms with Crippen molar-refractivity contribution in [1.82, 2.24) is 4.98 Å². The maximum absolute atomic E-state index is 14.1. The van der Waals surface area contributed by atoms with Crippen LogP contribution < -0.4 is 5.56 Å². The molecule has 0 fully saturated rings. The van der Waals surface area contributed by atoms with Gasteiger partial charge < -0.3 is 14.8 Å². The van der Waals surface area contributed by atoms with Crippen LogP contribution in [0.5, 0.6) is 0 Å². The fourth-order valence-corrected chi connectivity index (χ4v) is 3.48. The Morgan fingerprint density at radius 3 is 2.54 bits per heavy atom. The highest BCUT2D eigenvalue weighted by molar-refractivity contribution is 5.87. The number of nitrogens with one attached hydrogen (secondary N) is 1. The highest BCUT2D eigenvalue weighted by Crippen LogP contribution is 2.29. The summed E-state index contributed by atoms with van der Waals surface area (Å²) in [6.45, 7) is 3.63. The molecule has 0 amide bonds. The Morgan fingerprint density at radius 2 is 1.89 bits per heavy atom. The van der Waals surface area contributed by atoms with Crippen LogP contribution in [0.4, 0.5) is 4.39 Å². The summed E-state index contributed by atoms with van der Waals surface area (Å²) < 4.78 is 18.7. The van der Waals surface area contributed by atoms with Gasteiger partial charge in [0.1, 0.15) is 5.82 Å². The number of aliphatic hydroxyl groups excluding tert-OH is 1. The van der Waals surface area contributed by atoms with Crippen molar-refractivity contribution in [3.8, 4) is 11.3 Å². The third-order valence-electron chi connectivity index (χ3n) is 4.94. The number of methoxy groups -OCH3 is 1. The third-order valence-corrected chi connectivity index (χ3v) is 4.94. The molecule has 146 valence electrons. The van der Waals surface area contributed by atoms with Gasteiger partial charge in [0.2, 0.25) is 0 Å². The van der Waals surface area contributed by atoms with Crippen LogP contribution in [0.3, 0.4) is 0 Å². The van der Waals surface area contributed by atoms with Crippen LogP contribution in [-0.4, -0.2) is 29.3 Å². The van der Waals surface area contributed by atoms with E-state index in [-0.39, 0.29) is 11.7 Å². The van der Waals surface area contributed by atoms with E-state index in [9.17, 15) is 19.1 Å². The number of pyridine rings is 1. The molecular formula is C22H22FNO4. The van der Waals surface area contributed by atoms with Gasteiger partial charge in [0.25, 0.3) is 5.56 Å². The van der Waals surface area contributed by atoms with Gasteiger partial charge in [-0.15, -0.1) is 0 Å². The van der Waals surface area contributed by atoms with Crippen LogP contribution in [0.1, 0.15) is 25.3 Å². The van der Waals surface area contributed by atoms with Crippen LogP contribution in [0.25, 0.3) is 22.0 Å². The van der Waals surface area contributed by atoms with Crippen molar-refractivity contribution in [2.45, 2.75) is 25.9 Å². The van der Waals surface area contributed by atoms with Crippen molar-refractivity contribution in [3.63, 3.8) is 0 Å². The number of ether oxygens (including phenoxy) is 1. The Morgan fingerprint density at radius 1 is 1.14 bits per heavy atom. The van der Waals surface area contributed by atoms with Gasteiger partial charge in [-0.1, -0.05) is 44.2 Å². The predicted octanol–water partition coefficient (Wildman–Crippen LogP) is 3.61. The molecule has 0 aliphatic heterocycles.